The highest BCUT2D eigenvalue weighted by molar-refractivity contribution is 6.03. The van der Waals surface area contributed by atoms with Crippen LogP contribution in [0.25, 0.3) is 0 Å². The Morgan fingerprint density at radius 2 is 1.61 bits per heavy atom. The zero-order valence-electron chi connectivity index (χ0n) is 15.2. The minimum atomic E-state index is -0.209. The molecule has 0 unspecified atom stereocenters. The van der Waals surface area contributed by atoms with Gasteiger partial charge in [0.15, 0.2) is 0 Å². The maximum atomic E-state index is 12.5. The Kier molecular flexibility index (Phi) is 4.38. The molecule has 1 aromatic carbocycles. The first-order valence-corrected chi connectivity index (χ1v) is 7.97. The molecule has 4 nitrogen and oxygen atoms in total. The molecule has 0 saturated heterocycles. The molecule has 0 radical (unpaired) electrons. The molecule has 1 aromatic heterocycles. The van der Waals surface area contributed by atoms with E-state index >= 15 is 0 Å². The molecule has 0 bridgehead atoms. The van der Waals surface area contributed by atoms with Crippen molar-refractivity contribution in [2.75, 3.05) is 5.32 Å². The van der Waals surface area contributed by atoms with E-state index < -0.39 is 0 Å². The van der Waals surface area contributed by atoms with Crippen molar-refractivity contribution in [1.29, 1.82) is 0 Å². The second-order valence-electron chi connectivity index (χ2n) is 8.07. The summed E-state index contributed by atoms with van der Waals surface area (Å²) >= 11 is 0. The van der Waals surface area contributed by atoms with Gasteiger partial charge in [0, 0.05) is 17.0 Å². The smallest absolute Gasteiger partial charge is 0.256 e. The summed E-state index contributed by atoms with van der Waals surface area (Å²) in [5.74, 6) is 0.615. The Labute approximate surface area is 138 Å². The molecular formula is C19H27N3O. The van der Waals surface area contributed by atoms with Gasteiger partial charge in [-0.3, -0.25) is 4.79 Å². The van der Waals surface area contributed by atoms with E-state index in [1.807, 2.05) is 41.9 Å². The molecule has 1 amide bonds. The van der Waals surface area contributed by atoms with Crippen LogP contribution in [0.4, 0.5) is 5.82 Å². The number of hydrogen-bond acceptors (Lipinski definition) is 2. The average Bonchev–Trinajstić information content (AvgIpc) is 2.83. The first kappa shape index (κ1) is 17.3. The van der Waals surface area contributed by atoms with Gasteiger partial charge in [-0.05, 0) is 39.8 Å². The number of hydrogen-bond donors (Lipinski definition) is 1. The lowest BCUT2D eigenvalue weighted by molar-refractivity contribution is 0.102. The van der Waals surface area contributed by atoms with Crippen LogP contribution in [0, 0.1) is 6.92 Å². The minimum Gasteiger partial charge on any atom is -0.307 e. The predicted octanol–water partition coefficient (Wildman–Crippen LogP) is 4.50. The number of nitrogens with one attached hydrogen (secondary N) is 1. The van der Waals surface area contributed by atoms with E-state index in [0.717, 1.165) is 17.1 Å². The van der Waals surface area contributed by atoms with Crippen molar-refractivity contribution in [1.82, 2.24) is 9.78 Å². The second kappa shape index (κ2) is 5.84. The normalized spacial score (nSPS) is 12.3. The van der Waals surface area contributed by atoms with Crippen molar-refractivity contribution in [3.63, 3.8) is 0 Å². The van der Waals surface area contributed by atoms with Crippen LogP contribution >= 0.6 is 0 Å². The van der Waals surface area contributed by atoms with Gasteiger partial charge in [0.2, 0.25) is 0 Å². The summed E-state index contributed by atoms with van der Waals surface area (Å²) in [6.45, 7) is 14.6. The van der Waals surface area contributed by atoms with Crippen LogP contribution in [0.3, 0.4) is 0 Å². The fourth-order valence-corrected chi connectivity index (χ4v) is 2.24. The number of aryl methyl sites for hydroxylation is 1. The highest BCUT2D eigenvalue weighted by Gasteiger charge is 2.25. The van der Waals surface area contributed by atoms with Crippen LogP contribution in [0.1, 0.15) is 63.2 Å². The molecule has 1 N–H and O–H groups in total. The summed E-state index contributed by atoms with van der Waals surface area (Å²) in [4.78, 5) is 12.5. The van der Waals surface area contributed by atoms with E-state index in [1.54, 1.807) is 0 Å². The molecule has 2 aromatic rings. The van der Waals surface area contributed by atoms with Gasteiger partial charge in [0.1, 0.15) is 5.82 Å². The molecule has 0 aliphatic rings. The monoisotopic (exact) mass is 313 g/mol. The maximum Gasteiger partial charge on any atom is 0.256 e. The number of benzene rings is 1. The van der Waals surface area contributed by atoms with E-state index in [9.17, 15) is 4.79 Å². The van der Waals surface area contributed by atoms with Crippen molar-refractivity contribution in [3.05, 3.63) is 47.2 Å². The highest BCUT2D eigenvalue weighted by Crippen LogP contribution is 2.28. The number of rotatable bonds is 2. The van der Waals surface area contributed by atoms with E-state index in [4.69, 9.17) is 5.10 Å². The second-order valence-corrected chi connectivity index (χ2v) is 8.07. The number of carbonyl (C=O) groups excluding carboxylic acids is 1. The first-order valence-electron chi connectivity index (χ1n) is 7.97. The van der Waals surface area contributed by atoms with Crippen LogP contribution in [-0.4, -0.2) is 15.7 Å². The van der Waals surface area contributed by atoms with Crippen LogP contribution in [0.2, 0.25) is 0 Å². The van der Waals surface area contributed by atoms with Crippen LogP contribution in [0.5, 0.6) is 0 Å². The number of nitrogens with zero attached hydrogens (tertiary/aromatic N) is 2. The van der Waals surface area contributed by atoms with Gasteiger partial charge in [-0.2, -0.15) is 5.10 Å². The van der Waals surface area contributed by atoms with Gasteiger partial charge >= 0.3 is 0 Å². The van der Waals surface area contributed by atoms with E-state index in [2.05, 4.69) is 46.9 Å². The molecule has 0 aliphatic heterocycles. The predicted molar refractivity (Wildman–Crippen MR) is 95.1 cm³/mol. The molecule has 4 heteroatoms. The molecule has 23 heavy (non-hydrogen) atoms. The Bertz CT molecular complexity index is 698. The number of aromatic nitrogens is 2. The summed E-state index contributed by atoms with van der Waals surface area (Å²) in [7, 11) is 0. The molecule has 0 saturated carbocycles. The highest BCUT2D eigenvalue weighted by atomic mass is 16.1. The molecule has 0 spiro atoms. The summed E-state index contributed by atoms with van der Waals surface area (Å²) < 4.78 is 1.89. The van der Waals surface area contributed by atoms with Crippen LogP contribution < -0.4 is 5.32 Å². The first-order chi connectivity index (χ1) is 10.5. The van der Waals surface area contributed by atoms with Crippen molar-refractivity contribution in [2.45, 2.75) is 59.4 Å². The Morgan fingerprint density at radius 3 is 2.09 bits per heavy atom. The van der Waals surface area contributed by atoms with E-state index in [0.29, 0.717) is 5.56 Å². The molecule has 124 valence electrons. The number of carbonyl (C=O) groups is 1. The number of anilines is 1. The summed E-state index contributed by atoms with van der Waals surface area (Å²) in [5, 5.41) is 7.72. The third-order valence-electron chi connectivity index (χ3n) is 3.67. The molecule has 0 aliphatic carbocycles. The van der Waals surface area contributed by atoms with E-state index in [1.165, 1.54) is 0 Å². The molecular weight excluding hydrogens is 286 g/mol. The van der Waals surface area contributed by atoms with Gasteiger partial charge in [-0.1, -0.05) is 38.5 Å². The fourth-order valence-electron chi connectivity index (χ4n) is 2.24. The van der Waals surface area contributed by atoms with Crippen molar-refractivity contribution in [3.8, 4) is 0 Å². The molecule has 1 heterocycles. The van der Waals surface area contributed by atoms with Gasteiger partial charge in [0.05, 0.1) is 11.2 Å². The zero-order chi connectivity index (χ0) is 17.4. The van der Waals surface area contributed by atoms with Crippen LogP contribution in [0.15, 0.2) is 30.3 Å². The van der Waals surface area contributed by atoms with Crippen molar-refractivity contribution < 1.29 is 4.79 Å². The van der Waals surface area contributed by atoms with Crippen molar-refractivity contribution in [2.24, 2.45) is 0 Å². The van der Waals surface area contributed by atoms with Crippen molar-refractivity contribution >= 4 is 11.7 Å². The van der Waals surface area contributed by atoms with E-state index in [-0.39, 0.29) is 16.9 Å². The lowest BCUT2D eigenvalue weighted by Gasteiger charge is -2.23. The number of amides is 1. The molecule has 0 fully saturated rings. The van der Waals surface area contributed by atoms with Gasteiger partial charge in [0.25, 0.3) is 5.91 Å². The summed E-state index contributed by atoms with van der Waals surface area (Å²) in [6, 6.07) is 9.53. The Morgan fingerprint density at radius 1 is 1.04 bits per heavy atom. The quantitative estimate of drug-likeness (QED) is 0.887. The topological polar surface area (TPSA) is 46.9 Å². The molecule has 0 atom stereocenters. The largest absolute Gasteiger partial charge is 0.307 e. The summed E-state index contributed by atoms with van der Waals surface area (Å²) in [5.41, 5.74) is 2.47. The lowest BCUT2D eigenvalue weighted by Crippen LogP contribution is -2.27. The Balaban J connectivity index is 2.36. The summed E-state index contributed by atoms with van der Waals surface area (Å²) in [6.07, 6.45) is 0. The van der Waals surface area contributed by atoms with Crippen LogP contribution in [-0.2, 0) is 11.0 Å². The standard InChI is InChI=1S/C19H27N3O/c1-13-8-10-14(11-9-13)17(23)20-16-12-15(18(2,3)4)21-22(16)19(5,6)7/h8-12H,1-7H3,(H,20,23). The zero-order valence-corrected chi connectivity index (χ0v) is 15.2. The minimum absolute atomic E-state index is 0.0696. The van der Waals surface area contributed by atoms with Gasteiger partial charge in [-0.25, -0.2) is 4.68 Å². The van der Waals surface area contributed by atoms with Gasteiger partial charge in [-0.15, -0.1) is 0 Å². The fraction of sp³-hybridized carbons (Fsp3) is 0.474. The molecule has 2 rings (SSSR count). The van der Waals surface area contributed by atoms with Gasteiger partial charge < -0.3 is 5.32 Å². The SMILES string of the molecule is Cc1ccc(C(=O)Nc2cc(C(C)(C)C)nn2C(C)(C)C)cc1. The third kappa shape index (κ3) is 4.01. The maximum absolute atomic E-state index is 12.5. The Hall–Kier alpha value is -2.10. The average molecular weight is 313 g/mol. The lowest BCUT2D eigenvalue weighted by atomic mass is 9.92. The third-order valence-corrected chi connectivity index (χ3v) is 3.67.